The predicted octanol–water partition coefficient (Wildman–Crippen LogP) is 3.03. The zero-order valence-corrected chi connectivity index (χ0v) is 18.3. The molecule has 1 aromatic carbocycles. The van der Waals surface area contributed by atoms with Gasteiger partial charge in [-0.25, -0.2) is 13.6 Å². The van der Waals surface area contributed by atoms with Gasteiger partial charge >= 0.3 is 6.03 Å². The van der Waals surface area contributed by atoms with Gasteiger partial charge < -0.3 is 21.3 Å². The molecule has 0 aliphatic carbocycles. The number of rotatable bonds is 6. The molecule has 1 aromatic heterocycles. The van der Waals surface area contributed by atoms with E-state index in [0.717, 1.165) is 12.1 Å². The summed E-state index contributed by atoms with van der Waals surface area (Å²) in [6.45, 7) is 4.92. The van der Waals surface area contributed by atoms with E-state index in [4.69, 9.17) is 5.73 Å². The summed E-state index contributed by atoms with van der Waals surface area (Å²) >= 11 is 0. The van der Waals surface area contributed by atoms with Gasteiger partial charge in [0.15, 0.2) is 11.6 Å². The average Bonchev–Trinajstić information content (AvgIpc) is 2.79. The second-order valence-electron chi connectivity index (χ2n) is 8.75. The Kier molecular flexibility index (Phi) is 7.40. The lowest BCUT2D eigenvalue weighted by Gasteiger charge is -2.34. The molecule has 32 heavy (non-hydrogen) atoms. The van der Waals surface area contributed by atoms with E-state index in [1.807, 2.05) is 13.8 Å². The van der Waals surface area contributed by atoms with Crippen LogP contribution in [0.4, 0.5) is 19.3 Å². The number of likely N-dealkylation sites (tertiary alicyclic amines) is 1. The number of benzene rings is 1. The van der Waals surface area contributed by atoms with Crippen molar-refractivity contribution >= 4 is 17.6 Å². The number of carbonyl (C=O) groups excluding carboxylic acids is 2. The maximum Gasteiger partial charge on any atom is 0.321 e. The van der Waals surface area contributed by atoms with Crippen LogP contribution in [0.5, 0.6) is 0 Å². The number of amides is 3. The second kappa shape index (κ2) is 10.0. The first-order valence-corrected chi connectivity index (χ1v) is 10.6. The molecular formula is C23H29F2N5O2. The normalized spacial score (nSPS) is 15.8. The van der Waals surface area contributed by atoms with Gasteiger partial charge in [0, 0.05) is 43.1 Å². The van der Waals surface area contributed by atoms with Crippen LogP contribution in [0.25, 0.3) is 0 Å². The lowest BCUT2D eigenvalue weighted by molar-refractivity contribution is -0.124. The van der Waals surface area contributed by atoms with Gasteiger partial charge in [0.05, 0.1) is 6.04 Å². The van der Waals surface area contributed by atoms with Crippen LogP contribution in [-0.2, 0) is 10.2 Å². The highest BCUT2D eigenvalue weighted by atomic mass is 19.2. The van der Waals surface area contributed by atoms with Gasteiger partial charge in [-0.05, 0) is 48.6 Å². The summed E-state index contributed by atoms with van der Waals surface area (Å²) < 4.78 is 26.8. The second-order valence-corrected chi connectivity index (χ2v) is 8.75. The molecular weight excluding hydrogens is 416 g/mol. The zero-order chi connectivity index (χ0) is 23.3. The van der Waals surface area contributed by atoms with Gasteiger partial charge in [-0.15, -0.1) is 0 Å². The molecule has 1 unspecified atom stereocenters. The number of anilines is 1. The SMILES string of the molecule is CC(C)(CNC(=O)C(N)C1CCN(C(=O)Nc2ccncc2)CC1)c1ccc(F)c(F)c1. The summed E-state index contributed by atoms with van der Waals surface area (Å²) in [4.78, 5) is 30.7. The molecule has 3 amide bonds. The van der Waals surface area contributed by atoms with E-state index in [0.29, 0.717) is 37.2 Å². The largest absolute Gasteiger partial charge is 0.354 e. The van der Waals surface area contributed by atoms with Crippen LogP contribution in [-0.4, -0.2) is 47.5 Å². The van der Waals surface area contributed by atoms with E-state index < -0.39 is 23.1 Å². The molecule has 172 valence electrons. The summed E-state index contributed by atoms with van der Waals surface area (Å²) in [5, 5.41) is 5.66. The van der Waals surface area contributed by atoms with Crippen molar-refractivity contribution in [2.45, 2.75) is 38.1 Å². The number of halogens is 2. The fourth-order valence-electron chi connectivity index (χ4n) is 3.76. The number of carbonyl (C=O) groups is 2. The first-order valence-electron chi connectivity index (χ1n) is 10.6. The first-order chi connectivity index (χ1) is 15.2. The fourth-order valence-corrected chi connectivity index (χ4v) is 3.76. The van der Waals surface area contributed by atoms with E-state index in [2.05, 4.69) is 15.6 Å². The van der Waals surface area contributed by atoms with Crippen molar-refractivity contribution in [1.29, 1.82) is 0 Å². The van der Waals surface area contributed by atoms with Crippen molar-refractivity contribution in [2.75, 3.05) is 25.0 Å². The van der Waals surface area contributed by atoms with E-state index in [1.54, 1.807) is 29.4 Å². The quantitative estimate of drug-likeness (QED) is 0.636. The summed E-state index contributed by atoms with van der Waals surface area (Å²) in [5.74, 6) is -2.17. The number of hydrogen-bond donors (Lipinski definition) is 3. The monoisotopic (exact) mass is 445 g/mol. The fraction of sp³-hybridized carbons (Fsp3) is 0.435. The van der Waals surface area contributed by atoms with Crippen LogP contribution >= 0.6 is 0 Å². The van der Waals surface area contributed by atoms with E-state index >= 15 is 0 Å². The summed E-state index contributed by atoms with van der Waals surface area (Å²) in [5.41, 5.74) is 6.86. The van der Waals surface area contributed by atoms with E-state index in [-0.39, 0.29) is 24.4 Å². The summed E-state index contributed by atoms with van der Waals surface area (Å²) in [6.07, 6.45) is 4.44. The van der Waals surface area contributed by atoms with Crippen LogP contribution in [0, 0.1) is 17.6 Å². The van der Waals surface area contributed by atoms with Crippen LogP contribution in [0.1, 0.15) is 32.3 Å². The van der Waals surface area contributed by atoms with Crippen molar-refractivity contribution in [3.8, 4) is 0 Å². The van der Waals surface area contributed by atoms with Crippen LogP contribution in [0.2, 0.25) is 0 Å². The summed E-state index contributed by atoms with van der Waals surface area (Å²) in [6, 6.07) is 6.27. The molecule has 1 saturated heterocycles. The smallest absolute Gasteiger partial charge is 0.321 e. The summed E-state index contributed by atoms with van der Waals surface area (Å²) in [7, 11) is 0. The molecule has 7 nitrogen and oxygen atoms in total. The molecule has 1 atom stereocenters. The highest BCUT2D eigenvalue weighted by Gasteiger charge is 2.31. The number of pyridine rings is 1. The van der Waals surface area contributed by atoms with Crippen LogP contribution in [0.15, 0.2) is 42.7 Å². The highest BCUT2D eigenvalue weighted by Crippen LogP contribution is 2.25. The standard InChI is InChI=1S/C23H29F2N5O2/c1-23(2,16-3-4-18(24)19(25)13-16)14-28-21(31)20(26)15-7-11-30(12-8-15)22(32)29-17-5-9-27-10-6-17/h3-6,9-10,13,15,20H,7-8,11-12,14,26H2,1-2H3,(H,28,31)(H,27,29,32). The molecule has 0 radical (unpaired) electrons. The Morgan fingerprint density at radius 1 is 1.16 bits per heavy atom. The number of urea groups is 1. The Labute approximate surface area is 186 Å². The maximum absolute atomic E-state index is 13.6. The third kappa shape index (κ3) is 5.79. The third-order valence-corrected chi connectivity index (χ3v) is 5.97. The molecule has 3 rings (SSSR count). The first kappa shape index (κ1) is 23.6. The van der Waals surface area contributed by atoms with Crippen molar-refractivity contribution in [1.82, 2.24) is 15.2 Å². The van der Waals surface area contributed by atoms with Crippen LogP contribution < -0.4 is 16.4 Å². The molecule has 2 heterocycles. The average molecular weight is 446 g/mol. The van der Waals surface area contributed by atoms with Gasteiger partial charge in [0.25, 0.3) is 0 Å². The van der Waals surface area contributed by atoms with Crippen molar-refractivity contribution in [3.05, 3.63) is 59.9 Å². The van der Waals surface area contributed by atoms with Gasteiger partial charge in [-0.3, -0.25) is 9.78 Å². The lowest BCUT2D eigenvalue weighted by Crippen LogP contribution is -2.52. The number of hydrogen-bond acceptors (Lipinski definition) is 4. The molecule has 1 aliphatic rings. The topological polar surface area (TPSA) is 100 Å². The van der Waals surface area contributed by atoms with Crippen molar-refractivity contribution in [2.24, 2.45) is 11.7 Å². The Balaban J connectivity index is 1.48. The minimum absolute atomic E-state index is 0.0497. The molecule has 2 aromatic rings. The van der Waals surface area contributed by atoms with Crippen molar-refractivity contribution in [3.63, 3.8) is 0 Å². The Morgan fingerprint density at radius 3 is 2.44 bits per heavy atom. The van der Waals surface area contributed by atoms with E-state index in [9.17, 15) is 18.4 Å². The lowest BCUT2D eigenvalue weighted by atomic mass is 9.84. The zero-order valence-electron chi connectivity index (χ0n) is 18.3. The number of aromatic nitrogens is 1. The van der Waals surface area contributed by atoms with Gasteiger partial charge in [0.1, 0.15) is 0 Å². The van der Waals surface area contributed by atoms with Crippen molar-refractivity contribution < 1.29 is 18.4 Å². The predicted molar refractivity (Wildman–Crippen MR) is 118 cm³/mol. The van der Waals surface area contributed by atoms with Gasteiger partial charge in [-0.2, -0.15) is 0 Å². The Hall–Kier alpha value is -3.07. The number of piperidine rings is 1. The Morgan fingerprint density at radius 2 is 1.81 bits per heavy atom. The molecule has 1 fully saturated rings. The molecule has 0 bridgehead atoms. The molecule has 4 N–H and O–H groups in total. The van der Waals surface area contributed by atoms with Gasteiger partial charge in [-0.1, -0.05) is 19.9 Å². The molecule has 1 aliphatic heterocycles. The minimum atomic E-state index is -0.918. The molecule has 9 heteroatoms. The number of nitrogens with two attached hydrogens (primary N) is 1. The molecule has 0 spiro atoms. The highest BCUT2D eigenvalue weighted by molar-refractivity contribution is 5.89. The van der Waals surface area contributed by atoms with E-state index in [1.165, 1.54) is 6.07 Å². The van der Waals surface area contributed by atoms with Crippen LogP contribution in [0.3, 0.4) is 0 Å². The Bertz CT molecular complexity index is 947. The maximum atomic E-state index is 13.6. The number of nitrogens with zero attached hydrogens (tertiary/aromatic N) is 2. The minimum Gasteiger partial charge on any atom is -0.354 e. The third-order valence-electron chi connectivity index (χ3n) is 5.97. The number of nitrogens with one attached hydrogen (secondary N) is 2. The van der Waals surface area contributed by atoms with Gasteiger partial charge in [0.2, 0.25) is 5.91 Å². The molecule has 0 saturated carbocycles.